The fourth-order valence-electron chi connectivity index (χ4n) is 2.27. The Balaban J connectivity index is 0. The Morgan fingerprint density at radius 1 is 1.11 bits per heavy atom. The molecule has 5 heteroatoms. The lowest BCUT2D eigenvalue weighted by atomic mass is 9.93. The topological polar surface area (TPSA) is 39.7 Å². The summed E-state index contributed by atoms with van der Waals surface area (Å²) in [5.74, 6) is 1.64. The third kappa shape index (κ3) is 8.68. The van der Waals surface area contributed by atoms with Crippen molar-refractivity contribution in [1.29, 1.82) is 0 Å². The van der Waals surface area contributed by atoms with E-state index in [0.29, 0.717) is 6.04 Å². The van der Waals surface area contributed by atoms with Crippen LogP contribution in [0.25, 0.3) is 0 Å². The molecule has 0 radical (unpaired) electrons. The Hall–Kier alpha value is -0.0400. The number of hydrogen-bond acceptors (Lipinski definition) is 2. The molecule has 19 heavy (non-hydrogen) atoms. The number of rotatable bonds is 8. The molecule has 0 aromatic carbocycles. The van der Waals surface area contributed by atoms with Crippen molar-refractivity contribution in [1.82, 2.24) is 15.5 Å². The van der Waals surface area contributed by atoms with Gasteiger partial charge in [-0.1, -0.05) is 33.6 Å². The highest BCUT2D eigenvalue weighted by Gasteiger charge is 2.20. The Kier molecular flexibility index (Phi) is 14.5. The van der Waals surface area contributed by atoms with E-state index in [9.17, 15) is 0 Å². The number of halogens is 1. The highest BCUT2D eigenvalue weighted by atomic mass is 127. The number of nitrogens with zero attached hydrogens (tertiary/aromatic N) is 2. The third-order valence-electron chi connectivity index (χ3n) is 3.50. The molecule has 1 atom stereocenters. The molecule has 0 fully saturated rings. The summed E-state index contributed by atoms with van der Waals surface area (Å²) in [6, 6.07) is 0.556. The minimum Gasteiger partial charge on any atom is -0.356 e. The van der Waals surface area contributed by atoms with E-state index in [2.05, 4.69) is 55.4 Å². The van der Waals surface area contributed by atoms with Gasteiger partial charge in [0.05, 0.1) is 0 Å². The molecule has 0 saturated heterocycles. The van der Waals surface area contributed by atoms with Gasteiger partial charge in [-0.3, -0.25) is 4.99 Å². The maximum Gasteiger partial charge on any atom is 0.191 e. The molecule has 0 spiro atoms. The number of guanidine groups is 1. The molecule has 1 unspecified atom stereocenters. The van der Waals surface area contributed by atoms with E-state index in [-0.39, 0.29) is 24.0 Å². The van der Waals surface area contributed by atoms with Crippen LogP contribution in [-0.4, -0.2) is 51.1 Å². The Morgan fingerprint density at radius 2 is 1.68 bits per heavy atom. The summed E-state index contributed by atoms with van der Waals surface area (Å²) in [6.07, 6.45) is 3.56. The summed E-state index contributed by atoms with van der Waals surface area (Å²) < 4.78 is 0. The van der Waals surface area contributed by atoms with E-state index >= 15 is 0 Å². The van der Waals surface area contributed by atoms with E-state index < -0.39 is 0 Å². The van der Waals surface area contributed by atoms with Crippen LogP contribution in [0.4, 0.5) is 0 Å². The van der Waals surface area contributed by atoms with Crippen molar-refractivity contribution in [2.75, 3.05) is 34.2 Å². The normalized spacial score (nSPS) is 13.4. The lowest BCUT2D eigenvalue weighted by molar-refractivity contribution is 0.200. The molecule has 4 nitrogen and oxygen atoms in total. The minimum absolute atomic E-state index is 0. The minimum atomic E-state index is 0. The van der Waals surface area contributed by atoms with Crippen LogP contribution in [0.2, 0.25) is 0 Å². The predicted molar refractivity (Wildman–Crippen MR) is 96.6 cm³/mol. The first-order valence-corrected chi connectivity index (χ1v) is 7.21. The molecular weight excluding hydrogens is 351 g/mol. The summed E-state index contributed by atoms with van der Waals surface area (Å²) in [5, 5.41) is 6.74. The standard InChI is InChI=1S/C14H32N4.HI/c1-7-10-16-14(15-4)17-11-13(18(5)6)12(8-2)9-3;/h12-13H,7-11H2,1-6H3,(H2,15,16,17);1H. The van der Waals surface area contributed by atoms with E-state index in [4.69, 9.17) is 0 Å². The number of hydrogen-bond donors (Lipinski definition) is 2. The van der Waals surface area contributed by atoms with Crippen LogP contribution in [0.15, 0.2) is 4.99 Å². The third-order valence-corrected chi connectivity index (χ3v) is 3.50. The van der Waals surface area contributed by atoms with Gasteiger partial charge in [0.2, 0.25) is 0 Å². The van der Waals surface area contributed by atoms with Gasteiger partial charge in [0.25, 0.3) is 0 Å². The first-order chi connectivity index (χ1) is 8.60. The zero-order chi connectivity index (χ0) is 14.0. The first-order valence-electron chi connectivity index (χ1n) is 7.21. The summed E-state index contributed by atoms with van der Waals surface area (Å²) in [5.41, 5.74) is 0. The molecule has 0 aromatic heterocycles. The second kappa shape index (κ2) is 13.0. The van der Waals surface area contributed by atoms with Crippen LogP contribution in [0.5, 0.6) is 0 Å². The maximum atomic E-state index is 4.24. The summed E-state index contributed by atoms with van der Waals surface area (Å²) in [6.45, 7) is 8.62. The van der Waals surface area contributed by atoms with Crippen molar-refractivity contribution in [3.63, 3.8) is 0 Å². The Bertz CT molecular complexity index is 227. The van der Waals surface area contributed by atoms with E-state index in [1.54, 1.807) is 0 Å². The van der Waals surface area contributed by atoms with Crippen molar-refractivity contribution >= 4 is 29.9 Å². The number of aliphatic imine (C=N–C) groups is 1. The van der Waals surface area contributed by atoms with Gasteiger partial charge in [0, 0.05) is 26.2 Å². The molecule has 116 valence electrons. The van der Waals surface area contributed by atoms with Gasteiger partial charge in [0.1, 0.15) is 0 Å². The SMILES string of the molecule is CCCNC(=NC)NCC(C(CC)CC)N(C)C.I. The second-order valence-corrected chi connectivity index (χ2v) is 4.99. The predicted octanol–water partition coefficient (Wildman–Crippen LogP) is 2.55. The highest BCUT2D eigenvalue weighted by molar-refractivity contribution is 14.0. The molecule has 0 heterocycles. The van der Waals surface area contributed by atoms with Crippen LogP contribution in [0.3, 0.4) is 0 Å². The quantitative estimate of drug-likeness (QED) is 0.384. The van der Waals surface area contributed by atoms with Gasteiger partial charge in [0.15, 0.2) is 5.96 Å². The lowest BCUT2D eigenvalue weighted by Gasteiger charge is -2.32. The highest BCUT2D eigenvalue weighted by Crippen LogP contribution is 2.16. The molecule has 0 aliphatic rings. The van der Waals surface area contributed by atoms with Crippen molar-refractivity contribution in [3.05, 3.63) is 0 Å². The Morgan fingerprint density at radius 3 is 2.05 bits per heavy atom. The van der Waals surface area contributed by atoms with Crippen molar-refractivity contribution < 1.29 is 0 Å². The van der Waals surface area contributed by atoms with Gasteiger partial charge in [-0.05, 0) is 26.4 Å². The molecule has 0 aliphatic heterocycles. The fourth-order valence-corrected chi connectivity index (χ4v) is 2.27. The zero-order valence-electron chi connectivity index (χ0n) is 13.5. The van der Waals surface area contributed by atoms with E-state index in [1.807, 2.05) is 7.05 Å². The molecule has 2 N–H and O–H groups in total. The summed E-state index contributed by atoms with van der Waals surface area (Å²) in [7, 11) is 6.15. The van der Waals surface area contributed by atoms with Crippen molar-refractivity contribution in [2.45, 2.75) is 46.1 Å². The van der Waals surface area contributed by atoms with Crippen LogP contribution in [-0.2, 0) is 0 Å². The van der Waals surface area contributed by atoms with Gasteiger partial charge in [-0.25, -0.2) is 0 Å². The summed E-state index contributed by atoms with van der Waals surface area (Å²) in [4.78, 5) is 6.56. The first kappa shape index (κ1) is 21.3. The zero-order valence-corrected chi connectivity index (χ0v) is 15.8. The molecule has 0 amide bonds. The smallest absolute Gasteiger partial charge is 0.191 e. The molecule has 0 bridgehead atoms. The van der Waals surface area contributed by atoms with Crippen LogP contribution in [0.1, 0.15) is 40.0 Å². The second-order valence-electron chi connectivity index (χ2n) is 4.99. The Labute approximate surface area is 136 Å². The van der Waals surface area contributed by atoms with E-state index in [0.717, 1.165) is 31.4 Å². The fraction of sp³-hybridized carbons (Fsp3) is 0.929. The maximum absolute atomic E-state index is 4.24. The average molecular weight is 384 g/mol. The molecule has 0 rings (SSSR count). The van der Waals surface area contributed by atoms with Gasteiger partial charge in [-0.15, -0.1) is 24.0 Å². The average Bonchev–Trinajstić information content (AvgIpc) is 2.37. The number of nitrogens with one attached hydrogen (secondary N) is 2. The van der Waals surface area contributed by atoms with Crippen molar-refractivity contribution in [3.8, 4) is 0 Å². The van der Waals surface area contributed by atoms with E-state index in [1.165, 1.54) is 12.8 Å². The van der Waals surface area contributed by atoms with Crippen LogP contribution >= 0.6 is 24.0 Å². The lowest BCUT2D eigenvalue weighted by Crippen LogP contribution is -2.48. The monoisotopic (exact) mass is 384 g/mol. The summed E-state index contributed by atoms with van der Waals surface area (Å²) >= 11 is 0. The van der Waals surface area contributed by atoms with Crippen LogP contribution in [0, 0.1) is 5.92 Å². The largest absolute Gasteiger partial charge is 0.356 e. The number of likely N-dealkylation sites (N-methyl/N-ethyl adjacent to an activating group) is 1. The molecular formula is C14H33IN4. The van der Waals surface area contributed by atoms with Gasteiger partial charge < -0.3 is 15.5 Å². The van der Waals surface area contributed by atoms with Gasteiger partial charge >= 0.3 is 0 Å². The molecule has 0 saturated carbocycles. The van der Waals surface area contributed by atoms with Gasteiger partial charge in [-0.2, -0.15) is 0 Å². The van der Waals surface area contributed by atoms with Crippen molar-refractivity contribution in [2.24, 2.45) is 10.9 Å². The molecule has 0 aromatic rings. The molecule has 0 aliphatic carbocycles. The van der Waals surface area contributed by atoms with Crippen LogP contribution < -0.4 is 10.6 Å².